The summed E-state index contributed by atoms with van der Waals surface area (Å²) in [5.41, 5.74) is 0.842. The second-order valence-electron chi connectivity index (χ2n) is 7.33. The number of aryl methyl sites for hydroxylation is 1. The number of carbonyl (C=O) groups excluding carboxylic acids is 2. The smallest absolute Gasteiger partial charge is 0.300 e. The molecule has 160 valence electrons. The van der Waals surface area contributed by atoms with Crippen molar-refractivity contribution in [2.75, 3.05) is 4.90 Å². The minimum absolute atomic E-state index is 0.0386. The molecule has 0 bridgehead atoms. The number of aliphatic hydroxyl groups is 1. The van der Waals surface area contributed by atoms with Crippen LogP contribution in [0.3, 0.4) is 0 Å². The van der Waals surface area contributed by atoms with Crippen LogP contribution in [0.2, 0.25) is 0 Å². The van der Waals surface area contributed by atoms with Crippen LogP contribution in [0.1, 0.15) is 22.7 Å². The van der Waals surface area contributed by atoms with Crippen molar-refractivity contribution in [3.63, 3.8) is 0 Å². The summed E-state index contributed by atoms with van der Waals surface area (Å²) in [6.45, 7) is 1.81. The Hall–Kier alpha value is -4.33. The van der Waals surface area contributed by atoms with Crippen molar-refractivity contribution < 1.29 is 24.0 Å². The largest absolute Gasteiger partial charge is 0.507 e. The number of non-ortho nitro benzene ring substituents is 1. The van der Waals surface area contributed by atoms with Crippen molar-refractivity contribution in [1.82, 2.24) is 0 Å². The fourth-order valence-corrected chi connectivity index (χ4v) is 3.76. The number of ketones is 1. The molecule has 0 spiro atoms. The molecule has 0 aromatic heterocycles. The van der Waals surface area contributed by atoms with E-state index in [4.69, 9.17) is 0 Å². The number of hydrogen-bond acceptors (Lipinski definition) is 5. The van der Waals surface area contributed by atoms with Gasteiger partial charge in [-0.15, -0.1) is 0 Å². The molecule has 0 saturated carbocycles. The van der Waals surface area contributed by atoms with E-state index in [-0.39, 0.29) is 22.4 Å². The average molecular weight is 432 g/mol. The fourth-order valence-electron chi connectivity index (χ4n) is 3.76. The molecule has 1 amide bonds. The van der Waals surface area contributed by atoms with Crippen LogP contribution in [0.5, 0.6) is 0 Å². The normalized spacial score (nSPS) is 17.6. The van der Waals surface area contributed by atoms with Crippen LogP contribution in [0.15, 0.2) is 78.4 Å². The third-order valence-corrected chi connectivity index (χ3v) is 5.28. The number of hydrogen-bond donors (Lipinski definition) is 1. The fraction of sp³-hybridized carbons (Fsp3) is 0.0833. The molecule has 7 nitrogen and oxygen atoms in total. The number of carbonyl (C=O) groups is 2. The zero-order valence-electron chi connectivity index (χ0n) is 16.9. The Morgan fingerprint density at radius 3 is 2.34 bits per heavy atom. The third kappa shape index (κ3) is 3.51. The predicted octanol–water partition coefficient (Wildman–Crippen LogP) is 4.67. The van der Waals surface area contributed by atoms with Crippen LogP contribution >= 0.6 is 0 Å². The third-order valence-electron chi connectivity index (χ3n) is 5.28. The monoisotopic (exact) mass is 432 g/mol. The molecule has 32 heavy (non-hydrogen) atoms. The molecule has 1 fully saturated rings. The zero-order chi connectivity index (χ0) is 23.0. The first-order chi connectivity index (χ1) is 15.3. The van der Waals surface area contributed by atoms with Crippen LogP contribution in [-0.4, -0.2) is 21.7 Å². The van der Waals surface area contributed by atoms with Gasteiger partial charge in [0.25, 0.3) is 17.4 Å². The first-order valence-electron chi connectivity index (χ1n) is 9.66. The molecule has 3 aromatic carbocycles. The molecular weight excluding hydrogens is 415 g/mol. The molecule has 8 heteroatoms. The standard InChI is InChI=1S/C24H17FN2O5/c1-14-5-4-6-17(13-14)26-21(18-7-2-3-8-19(18)25)20(23(29)24(26)30)22(28)15-9-11-16(12-10-15)27(31)32/h2-13,21,28H,1H3/b22-20+. The van der Waals surface area contributed by atoms with Gasteiger partial charge in [-0.1, -0.05) is 30.3 Å². The quantitative estimate of drug-likeness (QED) is 0.212. The molecule has 4 rings (SSSR count). The number of nitro groups is 1. The van der Waals surface area contributed by atoms with Gasteiger partial charge in [-0.05, 0) is 42.8 Å². The van der Waals surface area contributed by atoms with Gasteiger partial charge in [0.15, 0.2) is 0 Å². The first kappa shape index (κ1) is 20.9. The molecule has 0 radical (unpaired) electrons. The van der Waals surface area contributed by atoms with Crippen molar-refractivity contribution in [3.8, 4) is 0 Å². The Balaban J connectivity index is 1.94. The summed E-state index contributed by atoms with van der Waals surface area (Å²) < 4.78 is 14.8. The molecule has 0 aliphatic carbocycles. The summed E-state index contributed by atoms with van der Waals surface area (Å²) in [7, 11) is 0. The first-order valence-corrected chi connectivity index (χ1v) is 9.66. The lowest BCUT2D eigenvalue weighted by atomic mass is 9.94. The number of halogens is 1. The van der Waals surface area contributed by atoms with Crippen LogP contribution in [0.4, 0.5) is 15.8 Å². The maximum atomic E-state index is 14.8. The highest BCUT2D eigenvalue weighted by atomic mass is 19.1. The minimum Gasteiger partial charge on any atom is -0.507 e. The van der Waals surface area contributed by atoms with Crippen molar-refractivity contribution in [1.29, 1.82) is 0 Å². The molecule has 1 saturated heterocycles. The van der Waals surface area contributed by atoms with Crippen molar-refractivity contribution in [2.24, 2.45) is 0 Å². The highest BCUT2D eigenvalue weighted by Gasteiger charge is 2.47. The Kier molecular flexibility index (Phi) is 5.28. The number of aliphatic hydroxyl groups excluding tert-OH is 1. The Labute approximate surface area is 182 Å². The topological polar surface area (TPSA) is 101 Å². The SMILES string of the molecule is Cc1cccc(N2C(=O)C(=O)/C(=C(/O)c3ccc([N+](=O)[O-])cc3)C2c2ccccc2F)c1. The molecule has 1 atom stereocenters. The van der Waals surface area contributed by atoms with E-state index in [2.05, 4.69) is 0 Å². The van der Waals surface area contributed by atoms with Crippen LogP contribution in [0, 0.1) is 22.9 Å². The molecule has 1 N–H and O–H groups in total. The van der Waals surface area contributed by atoms with E-state index in [1.54, 1.807) is 24.3 Å². The summed E-state index contributed by atoms with van der Waals surface area (Å²) >= 11 is 0. The van der Waals surface area contributed by atoms with E-state index in [1.165, 1.54) is 42.5 Å². The van der Waals surface area contributed by atoms with Gasteiger partial charge in [0, 0.05) is 28.9 Å². The molecule has 1 heterocycles. The second-order valence-corrected chi connectivity index (χ2v) is 7.33. The van der Waals surface area contributed by atoms with Crippen molar-refractivity contribution in [3.05, 3.63) is 111 Å². The van der Waals surface area contributed by atoms with Gasteiger partial charge in [-0.2, -0.15) is 0 Å². The number of nitro benzene ring substituents is 1. The summed E-state index contributed by atoms with van der Waals surface area (Å²) in [5.74, 6) is -3.07. The molecule has 1 aliphatic rings. The number of nitrogens with zero attached hydrogens (tertiary/aromatic N) is 2. The van der Waals surface area contributed by atoms with Gasteiger partial charge in [-0.25, -0.2) is 4.39 Å². The summed E-state index contributed by atoms with van der Waals surface area (Å²) in [6.07, 6.45) is 0. The zero-order valence-corrected chi connectivity index (χ0v) is 16.9. The molecule has 3 aromatic rings. The Bertz CT molecular complexity index is 1280. The van der Waals surface area contributed by atoms with Crippen LogP contribution < -0.4 is 4.90 Å². The van der Waals surface area contributed by atoms with Gasteiger partial charge in [-0.3, -0.25) is 24.6 Å². The summed E-state index contributed by atoms with van der Waals surface area (Å²) in [5, 5.41) is 21.9. The van der Waals surface area contributed by atoms with E-state index in [0.717, 1.165) is 10.5 Å². The highest BCUT2D eigenvalue weighted by molar-refractivity contribution is 6.51. The number of benzene rings is 3. The van der Waals surface area contributed by atoms with E-state index < -0.39 is 34.2 Å². The lowest BCUT2D eigenvalue weighted by molar-refractivity contribution is -0.384. The van der Waals surface area contributed by atoms with Gasteiger partial charge < -0.3 is 5.11 Å². The van der Waals surface area contributed by atoms with Crippen LogP contribution in [0.25, 0.3) is 5.76 Å². The lowest BCUT2D eigenvalue weighted by Crippen LogP contribution is -2.29. The average Bonchev–Trinajstić information content (AvgIpc) is 3.04. The van der Waals surface area contributed by atoms with E-state index in [1.807, 2.05) is 13.0 Å². The van der Waals surface area contributed by atoms with E-state index in [9.17, 15) is 29.2 Å². The number of rotatable bonds is 4. The number of amides is 1. The van der Waals surface area contributed by atoms with Crippen molar-refractivity contribution in [2.45, 2.75) is 13.0 Å². The molecular formula is C24H17FN2O5. The van der Waals surface area contributed by atoms with Crippen molar-refractivity contribution >= 4 is 28.8 Å². The number of anilines is 1. The Morgan fingerprint density at radius 2 is 1.72 bits per heavy atom. The Morgan fingerprint density at radius 1 is 1.03 bits per heavy atom. The maximum Gasteiger partial charge on any atom is 0.300 e. The second kappa shape index (κ2) is 8.07. The van der Waals surface area contributed by atoms with Crippen LogP contribution in [-0.2, 0) is 9.59 Å². The number of Topliss-reactive ketones (excluding diaryl/α,β-unsaturated/α-hetero) is 1. The highest BCUT2D eigenvalue weighted by Crippen LogP contribution is 2.43. The van der Waals surface area contributed by atoms with E-state index in [0.29, 0.717) is 5.69 Å². The predicted molar refractivity (Wildman–Crippen MR) is 115 cm³/mol. The van der Waals surface area contributed by atoms with Gasteiger partial charge in [0.2, 0.25) is 0 Å². The minimum atomic E-state index is -1.21. The van der Waals surface area contributed by atoms with E-state index >= 15 is 0 Å². The summed E-state index contributed by atoms with van der Waals surface area (Å²) in [4.78, 5) is 37.5. The molecule has 1 unspecified atom stereocenters. The van der Waals surface area contributed by atoms with Gasteiger partial charge >= 0.3 is 0 Å². The van der Waals surface area contributed by atoms with Gasteiger partial charge in [0.05, 0.1) is 16.5 Å². The maximum absolute atomic E-state index is 14.8. The van der Waals surface area contributed by atoms with Gasteiger partial charge in [0.1, 0.15) is 11.6 Å². The summed E-state index contributed by atoms with van der Waals surface area (Å²) in [6, 6.07) is 16.2. The lowest BCUT2D eigenvalue weighted by Gasteiger charge is -2.26. The molecule has 1 aliphatic heterocycles.